The van der Waals surface area contributed by atoms with Gasteiger partial charge in [-0.1, -0.05) is 78.9 Å². The van der Waals surface area contributed by atoms with Crippen LogP contribution in [0.3, 0.4) is 0 Å². The second-order valence-corrected chi connectivity index (χ2v) is 7.81. The van der Waals surface area contributed by atoms with Gasteiger partial charge >= 0.3 is 0 Å². The first-order chi connectivity index (χ1) is 12.5. The van der Waals surface area contributed by atoms with Crippen molar-refractivity contribution in [2.45, 2.75) is 50.2 Å². The Morgan fingerprint density at radius 3 is 2.42 bits per heavy atom. The number of amides is 1. The summed E-state index contributed by atoms with van der Waals surface area (Å²) in [6.45, 7) is 0.414. The molecule has 1 fully saturated rings. The Bertz CT molecular complexity index is 758. The topological polar surface area (TPSA) is 49.3 Å². The van der Waals surface area contributed by atoms with Gasteiger partial charge in [0.25, 0.3) is 0 Å². The summed E-state index contributed by atoms with van der Waals surface area (Å²) in [5.74, 6) is -0.918. The molecule has 1 amide bonds. The minimum Gasteiger partial charge on any atom is -0.389 e. The number of aliphatic hydroxyl groups is 1. The molecule has 1 saturated carbocycles. The van der Waals surface area contributed by atoms with Crippen LogP contribution < -0.4 is 5.32 Å². The van der Waals surface area contributed by atoms with Crippen LogP contribution in [0.4, 0.5) is 0 Å². The zero-order valence-corrected chi connectivity index (χ0v) is 16.1. The van der Waals surface area contributed by atoms with E-state index in [0.29, 0.717) is 35.0 Å². The first kappa shape index (κ1) is 19.2. The largest absolute Gasteiger partial charge is 0.389 e. The molecule has 26 heavy (non-hydrogen) atoms. The predicted molar refractivity (Wildman–Crippen MR) is 106 cm³/mol. The third-order valence-electron chi connectivity index (χ3n) is 5.10. The summed E-state index contributed by atoms with van der Waals surface area (Å²) in [6.07, 6.45) is 4.08. The highest BCUT2D eigenvalue weighted by Gasteiger charge is 2.43. The first-order valence-electron chi connectivity index (χ1n) is 8.98. The summed E-state index contributed by atoms with van der Waals surface area (Å²) in [4.78, 5) is 13.1. The number of rotatable bonds is 5. The maximum Gasteiger partial charge on any atom is 0.230 e. The lowest BCUT2D eigenvalue weighted by atomic mass is 9.72. The summed E-state index contributed by atoms with van der Waals surface area (Å²) < 4.78 is 0. The molecule has 3 nitrogen and oxygen atoms in total. The molecule has 138 valence electrons. The van der Waals surface area contributed by atoms with E-state index in [4.69, 9.17) is 23.2 Å². The van der Waals surface area contributed by atoms with Crippen molar-refractivity contribution in [2.24, 2.45) is 0 Å². The van der Waals surface area contributed by atoms with Crippen molar-refractivity contribution >= 4 is 29.1 Å². The van der Waals surface area contributed by atoms with E-state index in [1.54, 1.807) is 18.2 Å². The number of nitrogens with one attached hydrogen (secondary N) is 1. The Kier molecular flexibility index (Phi) is 6.23. The zero-order chi connectivity index (χ0) is 18.6. The van der Waals surface area contributed by atoms with Crippen LogP contribution in [0.1, 0.15) is 49.1 Å². The van der Waals surface area contributed by atoms with Gasteiger partial charge in [0.15, 0.2) is 0 Å². The maximum absolute atomic E-state index is 13.1. The second kappa shape index (κ2) is 8.43. The molecule has 1 atom stereocenters. The molecule has 5 heteroatoms. The van der Waals surface area contributed by atoms with Gasteiger partial charge in [-0.3, -0.25) is 4.79 Å². The number of hydrogen-bond donors (Lipinski definition) is 2. The van der Waals surface area contributed by atoms with Gasteiger partial charge in [0.05, 0.1) is 11.5 Å². The van der Waals surface area contributed by atoms with E-state index in [1.807, 2.05) is 30.3 Å². The number of halogens is 2. The normalized spacial score (nSPS) is 17.5. The Labute approximate surface area is 164 Å². The van der Waals surface area contributed by atoms with Crippen LogP contribution in [-0.4, -0.2) is 16.6 Å². The fourth-order valence-corrected chi connectivity index (χ4v) is 4.27. The lowest BCUT2D eigenvalue weighted by molar-refractivity contribution is -0.131. The van der Waals surface area contributed by atoms with Gasteiger partial charge < -0.3 is 10.4 Å². The van der Waals surface area contributed by atoms with Crippen LogP contribution in [-0.2, 0) is 11.3 Å². The van der Waals surface area contributed by atoms with E-state index >= 15 is 0 Å². The van der Waals surface area contributed by atoms with Crippen LogP contribution in [0.15, 0.2) is 48.5 Å². The van der Waals surface area contributed by atoms with Crippen LogP contribution in [0.2, 0.25) is 10.0 Å². The Morgan fingerprint density at radius 1 is 1.08 bits per heavy atom. The third kappa shape index (κ3) is 4.40. The van der Waals surface area contributed by atoms with Gasteiger partial charge in [-0.05, 0) is 36.1 Å². The number of carbonyl (C=O) groups excluding carboxylic acids is 1. The molecule has 0 aromatic heterocycles. The van der Waals surface area contributed by atoms with Gasteiger partial charge in [0, 0.05) is 16.6 Å². The molecule has 2 aromatic carbocycles. The number of carbonyl (C=O) groups is 1. The second-order valence-electron chi connectivity index (χ2n) is 6.97. The fraction of sp³-hybridized carbons (Fsp3) is 0.381. The summed E-state index contributed by atoms with van der Waals surface area (Å²) in [6, 6.07) is 14.8. The summed E-state index contributed by atoms with van der Waals surface area (Å²) in [5, 5.41) is 15.2. The summed E-state index contributed by atoms with van der Waals surface area (Å²) >= 11 is 12.4. The van der Waals surface area contributed by atoms with Gasteiger partial charge in [0.2, 0.25) is 5.91 Å². The van der Waals surface area contributed by atoms with Crippen LogP contribution in [0.5, 0.6) is 0 Å². The van der Waals surface area contributed by atoms with E-state index < -0.39 is 11.5 Å². The van der Waals surface area contributed by atoms with E-state index in [-0.39, 0.29) is 5.91 Å². The SMILES string of the molecule is O=C(NCc1ccccc1)C(c1ccc(Cl)cc1Cl)C1(O)CCCCC1. The average molecular weight is 392 g/mol. The van der Waals surface area contributed by atoms with E-state index in [1.165, 1.54) is 0 Å². The predicted octanol–water partition coefficient (Wildman–Crippen LogP) is 5.09. The molecule has 1 aliphatic carbocycles. The van der Waals surface area contributed by atoms with E-state index in [9.17, 15) is 9.90 Å². The maximum atomic E-state index is 13.1. The Morgan fingerprint density at radius 2 is 1.77 bits per heavy atom. The molecule has 0 aliphatic heterocycles. The molecule has 0 bridgehead atoms. The van der Waals surface area contributed by atoms with Crippen molar-refractivity contribution in [3.8, 4) is 0 Å². The van der Waals surface area contributed by atoms with Crippen molar-refractivity contribution in [3.05, 3.63) is 69.7 Å². The quantitative estimate of drug-likeness (QED) is 0.745. The highest BCUT2D eigenvalue weighted by atomic mass is 35.5. The first-order valence-corrected chi connectivity index (χ1v) is 9.74. The molecular weight excluding hydrogens is 369 g/mol. The molecule has 1 unspecified atom stereocenters. The van der Waals surface area contributed by atoms with Gasteiger partial charge in [0.1, 0.15) is 0 Å². The molecule has 1 aliphatic rings. The highest BCUT2D eigenvalue weighted by molar-refractivity contribution is 6.35. The summed E-state index contributed by atoms with van der Waals surface area (Å²) in [7, 11) is 0. The molecule has 2 N–H and O–H groups in total. The van der Waals surface area contributed by atoms with Crippen molar-refractivity contribution in [1.82, 2.24) is 5.32 Å². The molecule has 3 rings (SSSR count). The van der Waals surface area contributed by atoms with E-state index in [0.717, 1.165) is 24.8 Å². The van der Waals surface area contributed by atoms with Crippen molar-refractivity contribution in [3.63, 3.8) is 0 Å². The van der Waals surface area contributed by atoms with Crippen molar-refractivity contribution in [2.75, 3.05) is 0 Å². The lowest BCUT2D eigenvalue weighted by Gasteiger charge is -2.39. The summed E-state index contributed by atoms with van der Waals surface area (Å²) in [5.41, 5.74) is 0.555. The van der Waals surface area contributed by atoms with Crippen molar-refractivity contribution in [1.29, 1.82) is 0 Å². The van der Waals surface area contributed by atoms with Crippen molar-refractivity contribution < 1.29 is 9.90 Å². The Hall–Kier alpha value is -1.55. The van der Waals surface area contributed by atoms with E-state index in [2.05, 4.69) is 5.32 Å². The minimum atomic E-state index is -1.09. The molecule has 0 radical (unpaired) electrons. The number of benzene rings is 2. The fourth-order valence-electron chi connectivity index (χ4n) is 3.75. The highest BCUT2D eigenvalue weighted by Crippen LogP contribution is 2.42. The lowest BCUT2D eigenvalue weighted by Crippen LogP contribution is -2.46. The molecule has 2 aromatic rings. The molecule has 0 spiro atoms. The van der Waals surface area contributed by atoms with Gasteiger partial charge in [-0.2, -0.15) is 0 Å². The van der Waals surface area contributed by atoms with Crippen LogP contribution in [0.25, 0.3) is 0 Å². The monoisotopic (exact) mass is 391 g/mol. The molecule has 0 heterocycles. The Balaban J connectivity index is 1.88. The standard InChI is InChI=1S/C21H23Cl2NO2/c22-16-9-10-17(18(23)13-16)19(21(26)11-5-2-6-12-21)20(25)24-14-15-7-3-1-4-8-15/h1,3-4,7-10,13,19,26H,2,5-6,11-12,14H2,(H,24,25). The zero-order valence-electron chi connectivity index (χ0n) is 14.6. The smallest absolute Gasteiger partial charge is 0.230 e. The van der Waals surface area contributed by atoms with Crippen LogP contribution in [0, 0.1) is 0 Å². The minimum absolute atomic E-state index is 0.206. The average Bonchev–Trinajstić information content (AvgIpc) is 2.63. The van der Waals surface area contributed by atoms with Gasteiger partial charge in [-0.15, -0.1) is 0 Å². The third-order valence-corrected chi connectivity index (χ3v) is 5.66. The van der Waals surface area contributed by atoms with Gasteiger partial charge in [-0.25, -0.2) is 0 Å². The molecule has 0 saturated heterocycles. The number of hydrogen-bond acceptors (Lipinski definition) is 2. The van der Waals surface area contributed by atoms with Crippen LogP contribution >= 0.6 is 23.2 Å². The molecular formula is C21H23Cl2NO2.